The van der Waals surface area contributed by atoms with Crippen molar-refractivity contribution in [3.63, 3.8) is 0 Å². The van der Waals surface area contributed by atoms with E-state index in [9.17, 15) is 0 Å². The second-order valence-corrected chi connectivity index (χ2v) is 5.88. The molecule has 0 bridgehead atoms. The van der Waals surface area contributed by atoms with Crippen LogP contribution in [-0.2, 0) is 17.8 Å². The van der Waals surface area contributed by atoms with Crippen molar-refractivity contribution in [1.82, 2.24) is 4.98 Å². The van der Waals surface area contributed by atoms with Gasteiger partial charge in [-0.25, -0.2) is 0 Å². The second-order valence-electron chi connectivity index (χ2n) is 3.33. The first kappa shape index (κ1) is 11.8. The van der Waals surface area contributed by atoms with Gasteiger partial charge in [-0.05, 0) is 40.2 Å². The number of nitrogens with zero attached hydrogens (tertiary/aromatic N) is 1. The highest BCUT2D eigenvalue weighted by molar-refractivity contribution is 9.11. The molecule has 16 heavy (non-hydrogen) atoms. The summed E-state index contributed by atoms with van der Waals surface area (Å²) in [5.74, 6) is 0. The van der Waals surface area contributed by atoms with Crippen molar-refractivity contribution in [2.24, 2.45) is 0 Å². The van der Waals surface area contributed by atoms with Gasteiger partial charge in [0.05, 0.1) is 17.0 Å². The Morgan fingerprint density at radius 2 is 2.19 bits per heavy atom. The molecule has 0 aliphatic heterocycles. The molecule has 0 radical (unpaired) electrons. The topological polar surface area (TPSA) is 22.1 Å². The van der Waals surface area contributed by atoms with E-state index in [-0.39, 0.29) is 0 Å². The summed E-state index contributed by atoms with van der Waals surface area (Å²) in [5, 5.41) is 0. The Hall–Kier alpha value is -0.710. The fourth-order valence-corrected chi connectivity index (χ4v) is 2.75. The van der Waals surface area contributed by atoms with Crippen LogP contribution >= 0.6 is 27.3 Å². The molecule has 0 aliphatic carbocycles. The van der Waals surface area contributed by atoms with Crippen LogP contribution in [0.1, 0.15) is 10.6 Å². The van der Waals surface area contributed by atoms with Gasteiger partial charge in [-0.2, -0.15) is 0 Å². The van der Waals surface area contributed by atoms with Crippen molar-refractivity contribution in [2.45, 2.75) is 13.0 Å². The highest BCUT2D eigenvalue weighted by Crippen LogP contribution is 2.22. The summed E-state index contributed by atoms with van der Waals surface area (Å²) in [6.45, 7) is 1.40. The zero-order valence-corrected chi connectivity index (χ0v) is 11.1. The lowest BCUT2D eigenvalue weighted by Crippen LogP contribution is -1.99. The summed E-state index contributed by atoms with van der Waals surface area (Å²) < 4.78 is 6.74. The molecular weight excluding hydrogens is 286 g/mol. The molecule has 0 N–H and O–H groups in total. The Balaban J connectivity index is 1.69. The van der Waals surface area contributed by atoms with E-state index >= 15 is 0 Å². The molecule has 2 heterocycles. The van der Waals surface area contributed by atoms with Crippen LogP contribution in [0.15, 0.2) is 40.3 Å². The number of pyridine rings is 1. The molecule has 4 heteroatoms. The first-order chi connectivity index (χ1) is 7.84. The summed E-state index contributed by atoms with van der Waals surface area (Å²) in [6.07, 6.45) is 2.68. The summed E-state index contributed by atoms with van der Waals surface area (Å²) >= 11 is 5.14. The average Bonchev–Trinajstić information content (AvgIpc) is 2.72. The van der Waals surface area contributed by atoms with Gasteiger partial charge in [0.1, 0.15) is 0 Å². The van der Waals surface area contributed by atoms with Crippen molar-refractivity contribution >= 4 is 27.3 Å². The third kappa shape index (κ3) is 3.70. The van der Waals surface area contributed by atoms with E-state index in [1.165, 1.54) is 4.88 Å². The van der Waals surface area contributed by atoms with Gasteiger partial charge in [0.2, 0.25) is 0 Å². The summed E-state index contributed by atoms with van der Waals surface area (Å²) in [4.78, 5) is 5.49. The van der Waals surface area contributed by atoms with E-state index in [0.717, 1.165) is 15.9 Å². The lowest BCUT2D eigenvalue weighted by molar-refractivity contribution is 0.125. The van der Waals surface area contributed by atoms with Gasteiger partial charge in [-0.1, -0.05) is 6.07 Å². The van der Waals surface area contributed by atoms with Crippen LogP contribution < -0.4 is 0 Å². The Labute approximate surface area is 107 Å². The lowest BCUT2D eigenvalue weighted by atomic mass is 10.3. The van der Waals surface area contributed by atoms with Gasteiger partial charge in [0, 0.05) is 23.2 Å². The van der Waals surface area contributed by atoms with Crippen molar-refractivity contribution in [1.29, 1.82) is 0 Å². The largest absolute Gasteiger partial charge is 0.376 e. The second kappa shape index (κ2) is 6.13. The van der Waals surface area contributed by atoms with Crippen LogP contribution in [0, 0.1) is 0 Å². The Bertz CT molecular complexity index is 430. The standard InChI is InChI=1S/C12H12BrNOS/c13-12-5-4-11(16-12)9-15-8-6-10-3-1-2-7-14-10/h1-5,7H,6,8-9H2. The van der Waals surface area contributed by atoms with Crippen molar-refractivity contribution in [3.05, 3.63) is 50.9 Å². The number of halogens is 1. The molecule has 2 aromatic rings. The third-order valence-electron chi connectivity index (χ3n) is 2.10. The number of thiophene rings is 1. The van der Waals surface area contributed by atoms with Crippen LogP contribution in [0.3, 0.4) is 0 Å². The van der Waals surface area contributed by atoms with E-state index < -0.39 is 0 Å². The predicted molar refractivity (Wildman–Crippen MR) is 69.6 cm³/mol. The van der Waals surface area contributed by atoms with Gasteiger partial charge in [0.15, 0.2) is 0 Å². The number of hydrogen-bond acceptors (Lipinski definition) is 3. The lowest BCUT2D eigenvalue weighted by Gasteiger charge is -2.01. The fraction of sp³-hybridized carbons (Fsp3) is 0.250. The fourth-order valence-electron chi connectivity index (χ4n) is 1.32. The average molecular weight is 298 g/mol. The molecular formula is C12H12BrNOS. The highest BCUT2D eigenvalue weighted by atomic mass is 79.9. The van der Waals surface area contributed by atoms with Gasteiger partial charge in [0.25, 0.3) is 0 Å². The molecule has 2 aromatic heterocycles. The molecule has 0 aromatic carbocycles. The number of rotatable bonds is 5. The van der Waals surface area contributed by atoms with E-state index in [1.807, 2.05) is 30.5 Å². The number of hydrogen-bond donors (Lipinski definition) is 0. The zero-order valence-electron chi connectivity index (χ0n) is 8.73. The Kier molecular flexibility index (Phi) is 4.51. The first-order valence-corrected chi connectivity index (χ1v) is 6.67. The third-order valence-corrected chi connectivity index (χ3v) is 3.70. The maximum atomic E-state index is 5.59. The SMILES string of the molecule is Brc1ccc(COCCc2ccccn2)s1. The molecule has 2 nitrogen and oxygen atoms in total. The van der Waals surface area contributed by atoms with Gasteiger partial charge < -0.3 is 4.74 Å². The molecule has 0 saturated carbocycles. The minimum Gasteiger partial charge on any atom is -0.376 e. The summed E-state index contributed by atoms with van der Waals surface area (Å²) in [7, 11) is 0. The van der Waals surface area contributed by atoms with E-state index in [4.69, 9.17) is 4.74 Å². The van der Waals surface area contributed by atoms with Gasteiger partial charge >= 0.3 is 0 Å². The minimum atomic E-state index is 0.684. The van der Waals surface area contributed by atoms with Crippen molar-refractivity contribution < 1.29 is 4.74 Å². The molecule has 0 amide bonds. The quantitative estimate of drug-likeness (QED) is 0.786. The molecule has 0 saturated heterocycles. The molecule has 0 aliphatic rings. The van der Waals surface area contributed by atoms with Crippen LogP contribution in [0.2, 0.25) is 0 Å². The van der Waals surface area contributed by atoms with E-state index in [0.29, 0.717) is 13.2 Å². The highest BCUT2D eigenvalue weighted by Gasteiger charge is 1.98. The Morgan fingerprint density at radius 1 is 1.25 bits per heavy atom. The monoisotopic (exact) mass is 297 g/mol. The Morgan fingerprint density at radius 3 is 2.88 bits per heavy atom. The van der Waals surface area contributed by atoms with Crippen molar-refractivity contribution in [3.8, 4) is 0 Å². The zero-order chi connectivity index (χ0) is 11.2. The maximum absolute atomic E-state index is 5.59. The maximum Gasteiger partial charge on any atom is 0.0809 e. The smallest absolute Gasteiger partial charge is 0.0809 e. The van der Waals surface area contributed by atoms with Crippen LogP contribution in [-0.4, -0.2) is 11.6 Å². The first-order valence-electron chi connectivity index (χ1n) is 5.06. The normalized spacial score (nSPS) is 10.6. The summed E-state index contributed by atoms with van der Waals surface area (Å²) in [5.41, 5.74) is 1.08. The molecule has 0 unspecified atom stereocenters. The summed E-state index contributed by atoms with van der Waals surface area (Å²) in [6, 6.07) is 10.1. The van der Waals surface area contributed by atoms with Gasteiger partial charge in [-0.15, -0.1) is 11.3 Å². The van der Waals surface area contributed by atoms with Crippen LogP contribution in [0.4, 0.5) is 0 Å². The number of ether oxygens (including phenoxy) is 1. The number of aromatic nitrogens is 1. The van der Waals surface area contributed by atoms with E-state index in [2.05, 4.69) is 27.0 Å². The molecule has 2 rings (SSSR count). The van der Waals surface area contributed by atoms with Crippen LogP contribution in [0.5, 0.6) is 0 Å². The predicted octanol–water partition coefficient (Wildman–Crippen LogP) is 3.66. The molecule has 0 spiro atoms. The molecule has 84 valence electrons. The molecule has 0 atom stereocenters. The van der Waals surface area contributed by atoms with Crippen molar-refractivity contribution in [2.75, 3.05) is 6.61 Å². The van der Waals surface area contributed by atoms with E-state index in [1.54, 1.807) is 11.3 Å². The minimum absolute atomic E-state index is 0.684. The molecule has 0 fully saturated rings. The van der Waals surface area contributed by atoms with Gasteiger partial charge in [-0.3, -0.25) is 4.98 Å². The van der Waals surface area contributed by atoms with Crippen LogP contribution in [0.25, 0.3) is 0 Å².